The lowest BCUT2D eigenvalue weighted by molar-refractivity contribution is -0.178. The zero-order chi connectivity index (χ0) is 27.4. The molecular weight excluding hydrogens is 452 g/mol. The van der Waals surface area contributed by atoms with Crippen molar-refractivity contribution in [1.82, 2.24) is 0 Å². The maximum atomic E-state index is 13.4. The first-order valence-corrected chi connectivity index (χ1v) is 13.9. The van der Waals surface area contributed by atoms with Gasteiger partial charge in [-0.05, 0) is 62.0 Å². The van der Waals surface area contributed by atoms with Crippen LogP contribution < -0.4 is 0 Å². The average Bonchev–Trinajstić information content (AvgIpc) is 2.75. The molecule has 2 fully saturated rings. The van der Waals surface area contributed by atoms with Crippen molar-refractivity contribution in [2.45, 2.75) is 101 Å². The average molecular weight is 503 g/mol. The molecule has 36 heavy (non-hydrogen) atoms. The Balaban J connectivity index is 2.38. The van der Waals surface area contributed by atoms with Gasteiger partial charge >= 0.3 is 5.97 Å². The minimum absolute atomic E-state index is 0.0478. The molecule has 0 bridgehead atoms. The van der Waals surface area contributed by atoms with Crippen LogP contribution in [0.5, 0.6) is 0 Å². The fraction of sp³-hybridized carbons (Fsp3) is 0.774. The zero-order valence-electron chi connectivity index (χ0n) is 24.3. The zero-order valence-corrected chi connectivity index (χ0v) is 24.3. The fourth-order valence-corrected chi connectivity index (χ4v) is 7.87. The van der Waals surface area contributed by atoms with E-state index in [0.717, 1.165) is 19.3 Å². The minimum Gasteiger partial charge on any atom is -0.462 e. The molecule has 5 heteroatoms. The Labute approximate surface area is 219 Å². The highest BCUT2D eigenvalue weighted by Gasteiger charge is 2.54. The second-order valence-corrected chi connectivity index (χ2v) is 12.5. The first kappa shape index (κ1) is 30.5. The van der Waals surface area contributed by atoms with Gasteiger partial charge in [0.05, 0.1) is 12.7 Å². The van der Waals surface area contributed by atoms with Gasteiger partial charge in [0.2, 0.25) is 0 Å². The van der Waals surface area contributed by atoms with E-state index < -0.39 is 5.41 Å². The van der Waals surface area contributed by atoms with E-state index in [9.17, 15) is 14.4 Å². The normalized spacial score (nSPS) is 38.8. The van der Waals surface area contributed by atoms with Gasteiger partial charge in [-0.25, -0.2) is 0 Å². The lowest BCUT2D eigenvalue weighted by atomic mass is 9.57. The molecule has 0 aromatic heterocycles. The van der Waals surface area contributed by atoms with Crippen LogP contribution >= 0.6 is 0 Å². The van der Waals surface area contributed by atoms with Crippen LogP contribution in [0.4, 0.5) is 0 Å². The molecular formula is C31H50O5. The second kappa shape index (κ2) is 12.2. The van der Waals surface area contributed by atoms with Crippen LogP contribution in [0.25, 0.3) is 0 Å². The first-order chi connectivity index (χ1) is 16.7. The van der Waals surface area contributed by atoms with E-state index >= 15 is 0 Å². The number of ketones is 2. The molecule has 0 spiro atoms. The van der Waals surface area contributed by atoms with Crippen LogP contribution in [-0.4, -0.2) is 36.4 Å². The predicted octanol–water partition coefficient (Wildman–Crippen LogP) is 6.60. The van der Waals surface area contributed by atoms with Crippen molar-refractivity contribution in [3.05, 3.63) is 24.3 Å². The molecule has 2 aliphatic carbocycles. The number of carbonyl (C=O) groups excluding carboxylic acids is 3. The van der Waals surface area contributed by atoms with Crippen LogP contribution in [0.2, 0.25) is 0 Å². The number of allylic oxidation sites excluding steroid dienone is 4. The second-order valence-electron chi connectivity index (χ2n) is 12.5. The largest absolute Gasteiger partial charge is 0.462 e. The lowest BCUT2D eigenvalue weighted by Crippen LogP contribution is -2.55. The lowest BCUT2D eigenvalue weighted by Gasteiger charge is -2.52. The summed E-state index contributed by atoms with van der Waals surface area (Å²) in [6.07, 6.45) is 9.27. The van der Waals surface area contributed by atoms with Gasteiger partial charge < -0.3 is 9.47 Å². The van der Waals surface area contributed by atoms with Crippen LogP contribution in [0, 0.1) is 46.3 Å². The van der Waals surface area contributed by atoms with Gasteiger partial charge in [0.25, 0.3) is 0 Å². The number of carbonyl (C=O) groups is 3. The molecule has 0 N–H and O–H groups in total. The molecule has 0 saturated heterocycles. The van der Waals surface area contributed by atoms with Crippen molar-refractivity contribution in [1.29, 1.82) is 0 Å². The van der Waals surface area contributed by atoms with Crippen molar-refractivity contribution < 1.29 is 23.9 Å². The van der Waals surface area contributed by atoms with E-state index in [1.165, 1.54) is 6.92 Å². The van der Waals surface area contributed by atoms with E-state index in [4.69, 9.17) is 9.47 Å². The van der Waals surface area contributed by atoms with Crippen LogP contribution in [0.15, 0.2) is 24.3 Å². The number of hydrogen-bond acceptors (Lipinski definition) is 5. The SMILES string of the molecule is CC=CC(=O)C1C(C)C(OCC2(C)CC(C)C(OC(C)=O)C(C)C2C(=O)C=CC)C(CC)CC1(C)C. The Morgan fingerprint density at radius 2 is 1.39 bits per heavy atom. The summed E-state index contributed by atoms with van der Waals surface area (Å²) < 4.78 is 12.5. The number of hydrogen-bond donors (Lipinski definition) is 0. The summed E-state index contributed by atoms with van der Waals surface area (Å²) in [7, 11) is 0. The van der Waals surface area contributed by atoms with Crippen molar-refractivity contribution >= 4 is 17.5 Å². The molecule has 0 aromatic rings. The fourth-order valence-electron chi connectivity index (χ4n) is 7.87. The number of ether oxygens (including phenoxy) is 2. The van der Waals surface area contributed by atoms with Crippen LogP contribution in [0.3, 0.4) is 0 Å². The Hall–Kier alpha value is -1.75. The molecule has 204 valence electrons. The van der Waals surface area contributed by atoms with Crippen LogP contribution in [-0.2, 0) is 23.9 Å². The predicted molar refractivity (Wildman–Crippen MR) is 144 cm³/mol. The maximum Gasteiger partial charge on any atom is 0.302 e. The molecule has 9 atom stereocenters. The van der Waals surface area contributed by atoms with E-state index in [-0.39, 0.29) is 64.7 Å². The van der Waals surface area contributed by atoms with Gasteiger partial charge in [-0.2, -0.15) is 0 Å². The van der Waals surface area contributed by atoms with Crippen molar-refractivity contribution in [2.24, 2.45) is 46.3 Å². The van der Waals surface area contributed by atoms with E-state index in [0.29, 0.717) is 12.5 Å². The van der Waals surface area contributed by atoms with Crippen molar-refractivity contribution in [3.8, 4) is 0 Å². The van der Waals surface area contributed by atoms with Gasteiger partial charge in [0.15, 0.2) is 11.6 Å². The van der Waals surface area contributed by atoms with Gasteiger partial charge in [0.1, 0.15) is 6.10 Å². The van der Waals surface area contributed by atoms with Crippen LogP contribution in [0.1, 0.15) is 88.5 Å². The van der Waals surface area contributed by atoms with Crippen molar-refractivity contribution in [2.75, 3.05) is 6.61 Å². The molecule has 5 nitrogen and oxygen atoms in total. The molecule has 0 radical (unpaired) electrons. The minimum atomic E-state index is -0.403. The monoisotopic (exact) mass is 502 g/mol. The summed E-state index contributed by atoms with van der Waals surface area (Å²) in [5.41, 5.74) is -0.504. The molecule has 0 aromatic carbocycles. The summed E-state index contributed by atoms with van der Waals surface area (Å²) in [6.45, 7) is 20.7. The smallest absolute Gasteiger partial charge is 0.302 e. The van der Waals surface area contributed by atoms with Gasteiger partial charge in [0, 0.05) is 30.1 Å². The van der Waals surface area contributed by atoms with Crippen molar-refractivity contribution in [3.63, 3.8) is 0 Å². The van der Waals surface area contributed by atoms with Gasteiger partial charge in [-0.1, -0.05) is 67.0 Å². The third-order valence-electron chi connectivity index (χ3n) is 8.99. The number of rotatable bonds is 9. The van der Waals surface area contributed by atoms with E-state index in [1.54, 1.807) is 18.2 Å². The maximum absolute atomic E-state index is 13.4. The quantitative estimate of drug-likeness (QED) is 0.262. The third kappa shape index (κ3) is 6.38. The molecule has 9 unspecified atom stereocenters. The Morgan fingerprint density at radius 3 is 1.89 bits per heavy atom. The molecule has 2 rings (SSSR count). The summed E-state index contributed by atoms with van der Waals surface area (Å²) in [5, 5.41) is 0. The highest BCUT2D eigenvalue weighted by molar-refractivity contribution is 5.93. The Bertz CT molecular complexity index is 855. The molecule has 0 aliphatic heterocycles. The molecule has 0 amide bonds. The summed E-state index contributed by atoms with van der Waals surface area (Å²) in [4.78, 5) is 38.3. The van der Waals surface area contributed by atoms with E-state index in [1.807, 2.05) is 26.8 Å². The molecule has 2 saturated carbocycles. The summed E-state index contributed by atoms with van der Waals surface area (Å²) in [5.74, 6) is -0.0760. The van der Waals surface area contributed by atoms with Gasteiger partial charge in [-0.15, -0.1) is 0 Å². The molecule has 0 heterocycles. The number of esters is 1. The molecule has 2 aliphatic rings. The Morgan fingerprint density at radius 1 is 0.861 bits per heavy atom. The highest BCUT2D eigenvalue weighted by Crippen LogP contribution is 2.52. The summed E-state index contributed by atoms with van der Waals surface area (Å²) in [6, 6.07) is 0. The topological polar surface area (TPSA) is 69.7 Å². The third-order valence-corrected chi connectivity index (χ3v) is 8.99. The van der Waals surface area contributed by atoms with Gasteiger partial charge in [-0.3, -0.25) is 14.4 Å². The standard InChI is InChI=1S/C31H50O5/c1-11-14-24(33)26-20(5)29(23(13-3)17-30(26,8)9)35-18-31(10)16-19(4)28(36-22(7)32)21(6)27(31)25(34)15-12-2/h11-12,14-15,19-21,23,26-29H,13,16-18H2,1-10H3. The van der Waals surface area contributed by atoms with E-state index in [2.05, 4.69) is 41.5 Å². The first-order valence-electron chi connectivity index (χ1n) is 13.9. The Kier molecular flexibility index (Phi) is 10.3. The summed E-state index contributed by atoms with van der Waals surface area (Å²) >= 11 is 0. The highest BCUT2D eigenvalue weighted by atomic mass is 16.5.